The third-order valence-corrected chi connectivity index (χ3v) is 3.58. The molecule has 0 amide bonds. The Kier molecular flexibility index (Phi) is 2.84. The van der Waals surface area contributed by atoms with Crippen LogP contribution in [0.1, 0.15) is 0 Å². The van der Waals surface area contributed by atoms with E-state index >= 15 is 0 Å². The van der Waals surface area contributed by atoms with Gasteiger partial charge in [-0.15, -0.1) is 0 Å². The van der Waals surface area contributed by atoms with Crippen molar-refractivity contribution in [1.82, 2.24) is 0 Å². The van der Waals surface area contributed by atoms with Gasteiger partial charge in [0.25, 0.3) is 0 Å². The highest BCUT2D eigenvalue weighted by Crippen LogP contribution is 2.16. The fourth-order valence-corrected chi connectivity index (χ4v) is 3.15. The molecule has 2 N–H and O–H groups in total. The first kappa shape index (κ1) is 10.1. The molecule has 0 spiro atoms. The first-order valence-corrected chi connectivity index (χ1v) is 5.92. The van der Waals surface area contributed by atoms with Crippen LogP contribution in [-0.2, 0) is 25.4 Å². The molecule has 3 atom stereocenters. The molecule has 0 aromatic rings. The molecule has 0 aromatic heterocycles. The Labute approximate surface area is 71.9 Å². The lowest BCUT2D eigenvalue weighted by Crippen LogP contribution is -2.27. The molecule has 6 nitrogen and oxygen atoms in total. The smallest absolute Gasteiger partial charge is 0.302 e. The molecule has 1 fully saturated rings. The van der Waals surface area contributed by atoms with Gasteiger partial charge in [-0.25, -0.2) is 8.42 Å². The van der Waals surface area contributed by atoms with E-state index in [0.717, 1.165) is 0 Å². The van der Waals surface area contributed by atoms with Crippen LogP contribution in [0.3, 0.4) is 0 Å². The van der Waals surface area contributed by atoms with Gasteiger partial charge in [0, 0.05) is 0 Å². The number of aliphatic hydroxyl groups excluding tert-OH is 1. The van der Waals surface area contributed by atoms with E-state index in [4.69, 9.17) is 9.66 Å². The number of aliphatic hydroxyl groups is 1. The number of sulfone groups is 1. The van der Waals surface area contributed by atoms with Crippen molar-refractivity contribution in [3.63, 3.8) is 0 Å². The molecule has 1 heterocycles. The zero-order valence-electron chi connectivity index (χ0n) is 5.91. The Morgan fingerprint density at radius 3 is 2.33 bits per heavy atom. The lowest BCUT2D eigenvalue weighted by Gasteiger charge is -2.08. The average molecular weight is 216 g/mol. The van der Waals surface area contributed by atoms with E-state index in [1.54, 1.807) is 0 Å². The fourth-order valence-electron chi connectivity index (χ4n) is 0.995. The number of rotatable bonds is 2. The summed E-state index contributed by atoms with van der Waals surface area (Å²) in [7, 11) is -3.31. The van der Waals surface area contributed by atoms with Crippen molar-refractivity contribution in [3.05, 3.63) is 0 Å². The Hall–Kier alpha value is -0.0200. The van der Waals surface area contributed by atoms with Gasteiger partial charge in [-0.2, -0.15) is 4.21 Å². The van der Waals surface area contributed by atoms with Crippen LogP contribution in [0.5, 0.6) is 0 Å². The third kappa shape index (κ3) is 2.49. The SMILES string of the molecule is O=S(O)O[C@@H]1CS(=O)(=O)C[C@H]1O. The molecule has 0 aliphatic carbocycles. The molecule has 1 aliphatic rings. The monoisotopic (exact) mass is 216 g/mol. The van der Waals surface area contributed by atoms with Gasteiger partial charge in [-0.3, -0.25) is 8.74 Å². The van der Waals surface area contributed by atoms with Gasteiger partial charge >= 0.3 is 11.4 Å². The van der Waals surface area contributed by atoms with E-state index in [2.05, 4.69) is 4.18 Å². The Balaban J connectivity index is 2.64. The Bertz CT molecular complexity index is 282. The predicted molar refractivity (Wildman–Crippen MR) is 40.3 cm³/mol. The highest BCUT2D eigenvalue weighted by atomic mass is 32.2. The van der Waals surface area contributed by atoms with E-state index < -0.39 is 44.9 Å². The zero-order chi connectivity index (χ0) is 9.35. The van der Waals surface area contributed by atoms with Gasteiger partial charge in [-0.1, -0.05) is 0 Å². The van der Waals surface area contributed by atoms with Crippen LogP contribution >= 0.6 is 0 Å². The first-order chi connectivity index (χ1) is 5.41. The van der Waals surface area contributed by atoms with Crippen molar-refractivity contribution < 1.29 is 26.5 Å². The molecule has 1 saturated heterocycles. The zero-order valence-corrected chi connectivity index (χ0v) is 7.55. The minimum atomic E-state index is -3.31. The number of hydrogen-bond donors (Lipinski definition) is 2. The van der Waals surface area contributed by atoms with Gasteiger partial charge in [0.15, 0.2) is 9.84 Å². The normalized spacial score (nSPS) is 36.5. The van der Waals surface area contributed by atoms with Crippen LogP contribution in [0.2, 0.25) is 0 Å². The van der Waals surface area contributed by atoms with Crippen LogP contribution in [0.15, 0.2) is 0 Å². The largest absolute Gasteiger partial charge is 0.389 e. The number of hydrogen-bond acceptors (Lipinski definition) is 5. The molecule has 72 valence electrons. The minimum Gasteiger partial charge on any atom is -0.389 e. The summed E-state index contributed by atoms with van der Waals surface area (Å²) in [5.74, 6) is -0.810. The maximum atomic E-state index is 10.8. The van der Waals surface area contributed by atoms with Crippen molar-refractivity contribution in [3.8, 4) is 0 Å². The van der Waals surface area contributed by atoms with Gasteiger partial charge in [0.2, 0.25) is 0 Å². The summed E-state index contributed by atoms with van der Waals surface area (Å²) < 4.78 is 44.2. The molecular formula is C4H8O6S2. The summed E-state index contributed by atoms with van der Waals surface area (Å²) in [6.45, 7) is 0. The Morgan fingerprint density at radius 1 is 1.42 bits per heavy atom. The van der Waals surface area contributed by atoms with Crippen LogP contribution in [0.4, 0.5) is 0 Å². The van der Waals surface area contributed by atoms with Crippen molar-refractivity contribution in [1.29, 1.82) is 0 Å². The maximum Gasteiger partial charge on any atom is 0.302 e. The molecule has 0 bridgehead atoms. The third-order valence-electron chi connectivity index (χ3n) is 1.48. The van der Waals surface area contributed by atoms with Crippen molar-refractivity contribution >= 4 is 21.2 Å². The Morgan fingerprint density at radius 2 is 2.00 bits per heavy atom. The van der Waals surface area contributed by atoms with Crippen molar-refractivity contribution in [2.45, 2.75) is 12.2 Å². The summed E-state index contributed by atoms with van der Waals surface area (Å²) in [6, 6.07) is 0. The van der Waals surface area contributed by atoms with E-state index in [1.165, 1.54) is 0 Å². The quantitative estimate of drug-likeness (QED) is 0.533. The summed E-state index contributed by atoms with van der Waals surface area (Å²) in [5.41, 5.74) is 0. The summed E-state index contributed by atoms with van der Waals surface area (Å²) in [5, 5.41) is 9.02. The van der Waals surface area contributed by atoms with Crippen molar-refractivity contribution in [2.75, 3.05) is 11.5 Å². The molecule has 0 radical (unpaired) electrons. The fraction of sp³-hybridized carbons (Fsp3) is 1.00. The minimum absolute atomic E-state index is 0.402. The van der Waals surface area contributed by atoms with E-state index in [-0.39, 0.29) is 0 Å². The molecule has 1 aliphatic heterocycles. The van der Waals surface area contributed by atoms with E-state index in [0.29, 0.717) is 0 Å². The van der Waals surface area contributed by atoms with Gasteiger partial charge in [-0.05, 0) is 0 Å². The van der Waals surface area contributed by atoms with E-state index in [9.17, 15) is 12.6 Å². The maximum absolute atomic E-state index is 10.8. The first-order valence-electron chi connectivity index (χ1n) is 3.07. The lowest BCUT2D eigenvalue weighted by atomic mass is 10.3. The van der Waals surface area contributed by atoms with Gasteiger partial charge in [0.1, 0.15) is 6.10 Å². The summed E-state index contributed by atoms with van der Waals surface area (Å²) in [6.07, 6.45) is -2.29. The molecule has 12 heavy (non-hydrogen) atoms. The second-order valence-electron chi connectivity index (χ2n) is 2.50. The van der Waals surface area contributed by atoms with E-state index in [1.807, 2.05) is 0 Å². The summed E-state index contributed by atoms with van der Waals surface area (Å²) >= 11 is -2.53. The van der Waals surface area contributed by atoms with Gasteiger partial charge < -0.3 is 5.11 Å². The average Bonchev–Trinajstić information content (AvgIpc) is 2.03. The van der Waals surface area contributed by atoms with Crippen LogP contribution in [0.25, 0.3) is 0 Å². The van der Waals surface area contributed by atoms with Crippen LogP contribution < -0.4 is 0 Å². The van der Waals surface area contributed by atoms with Gasteiger partial charge in [0.05, 0.1) is 17.6 Å². The molecule has 1 rings (SSSR count). The van der Waals surface area contributed by atoms with Crippen LogP contribution in [0, 0.1) is 0 Å². The molecule has 0 aromatic carbocycles. The highest BCUT2D eigenvalue weighted by Gasteiger charge is 2.38. The second kappa shape index (κ2) is 3.38. The molecule has 0 saturated carbocycles. The highest BCUT2D eigenvalue weighted by molar-refractivity contribution is 7.91. The standard InChI is InChI=1S/C4H8O6S2/c5-3-1-12(8,9)2-4(3)10-11(6)7/h3-5H,1-2H2,(H,6,7)/t3-,4-/m1/s1. The summed E-state index contributed by atoms with van der Waals surface area (Å²) in [4.78, 5) is 0. The van der Waals surface area contributed by atoms with Crippen LogP contribution in [-0.4, -0.2) is 46.0 Å². The van der Waals surface area contributed by atoms with Crippen molar-refractivity contribution in [2.24, 2.45) is 0 Å². The lowest BCUT2D eigenvalue weighted by molar-refractivity contribution is 0.0766. The predicted octanol–water partition coefficient (Wildman–Crippen LogP) is -1.70. The molecule has 1 unspecified atom stereocenters. The topological polar surface area (TPSA) is 101 Å². The molecule has 8 heteroatoms. The second-order valence-corrected chi connectivity index (χ2v) is 5.28. The molecular weight excluding hydrogens is 208 g/mol.